The van der Waals surface area contributed by atoms with E-state index in [0.717, 1.165) is 17.1 Å². The van der Waals surface area contributed by atoms with E-state index in [0.29, 0.717) is 0 Å². The fourth-order valence-corrected chi connectivity index (χ4v) is 2.56. The molecule has 2 heteroatoms. The summed E-state index contributed by atoms with van der Waals surface area (Å²) in [5.74, 6) is 0. The highest BCUT2D eigenvalue weighted by molar-refractivity contribution is 5.87. The normalized spacial score (nSPS) is 14.9. The van der Waals surface area contributed by atoms with E-state index in [4.69, 9.17) is 4.99 Å². The second-order valence-electron chi connectivity index (χ2n) is 5.28. The van der Waals surface area contributed by atoms with E-state index < -0.39 is 0 Å². The first-order valence-electron chi connectivity index (χ1n) is 7.39. The molecular formula is C18H20N2. The Labute approximate surface area is 120 Å². The Morgan fingerprint density at radius 2 is 1.35 bits per heavy atom. The van der Waals surface area contributed by atoms with Gasteiger partial charge in [0, 0.05) is 17.1 Å². The van der Waals surface area contributed by atoms with E-state index in [9.17, 15) is 0 Å². The number of anilines is 2. The molecule has 20 heavy (non-hydrogen) atoms. The summed E-state index contributed by atoms with van der Waals surface area (Å²) >= 11 is 0. The summed E-state index contributed by atoms with van der Waals surface area (Å²) in [5.41, 5.74) is 4.64. The monoisotopic (exact) mass is 264 g/mol. The van der Waals surface area contributed by atoms with Crippen molar-refractivity contribution in [2.45, 2.75) is 32.1 Å². The van der Waals surface area contributed by atoms with Gasteiger partial charge in [0.1, 0.15) is 0 Å². The first kappa shape index (κ1) is 12.9. The standard InChI is InChI=1S/C18H20N2/c1-3-7-15(8-4-1)19-17-11-13-18(14-12-17)20-16-9-5-2-6-10-16/h1,3-4,7-8,11-14,19H,2,5-6,9-10H2. The molecule has 0 amide bonds. The quantitative estimate of drug-likeness (QED) is 0.781. The van der Waals surface area contributed by atoms with Crippen molar-refractivity contribution >= 4 is 22.8 Å². The van der Waals surface area contributed by atoms with Crippen molar-refractivity contribution in [2.75, 3.05) is 5.32 Å². The van der Waals surface area contributed by atoms with E-state index in [1.54, 1.807) is 0 Å². The lowest BCUT2D eigenvalue weighted by Gasteiger charge is -2.12. The van der Waals surface area contributed by atoms with Gasteiger partial charge in [-0.25, -0.2) is 0 Å². The molecule has 1 aliphatic carbocycles. The van der Waals surface area contributed by atoms with Crippen LogP contribution in [0.3, 0.4) is 0 Å². The molecule has 2 aromatic rings. The molecule has 3 rings (SSSR count). The Bertz CT molecular complexity index is 562. The average molecular weight is 264 g/mol. The second kappa shape index (κ2) is 6.38. The number of hydrogen-bond donors (Lipinski definition) is 1. The fraction of sp³-hybridized carbons (Fsp3) is 0.278. The zero-order chi connectivity index (χ0) is 13.6. The molecule has 0 aliphatic heterocycles. The lowest BCUT2D eigenvalue weighted by molar-refractivity contribution is 0.667. The molecule has 2 aromatic carbocycles. The van der Waals surface area contributed by atoms with E-state index in [1.165, 1.54) is 37.8 Å². The van der Waals surface area contributed by atoms with Crippen LogP contribution in [0.5, 0.6) is 0 Å². The highest BCUT2D eigenvalue weighted by Gasteiger charge is 2.06. The molecule has 0 radical (unpaired) electrons. The van der Waals surface area contributed by atoms with Crippen LogP contribution in [0, 0.1) is 0 Å². The minimum absolute atomic E-state index is 1.07. The highest BCUT2D eigenvalue weighted by Crippen LogP contribution is 2.23. The maximum absolute atomic E-state index is 4.76. The Balaban J connectivity index is 1.68. The van der Waals surface area contributed by atoms with Gasteiger partial charge in [-0.3, -0.25) is 4.99 Å². The zero-order valence-corrected chi connectivity index (χ0v) is 11.7. The first-order valence-corrected chi connectivity index (χ1v) is 7.39. The van der Waals surface area contributed by atoms with Gasteiger partial charge in [0.15, 0.2) is 0 Å². The lowest BCUT2D eigenvalue weighted by Crippen LogP contribution is -2.03. The third-order valence-electron chi connectivity index (χ3n) is 3.65. The summed E-state index contributed by atoms with van der Waals surface area (Å²) in [5, 5.41) is 3.39. The summed E-state index contributed by atoms with van der Waals surface area (Å²) < 4.78 is 0. The maximum Gasteiger partial charge on any atom is 0.0630 e. The van der Waals surface area contributed by atoms with Gasteiger partial charge < -0.3 is 5.32 Å². The van der Waals surface area contributed by atoms with Gasteiger partial charge >= 0.3 is 0 Å². The molecule has 1 fully saturated rings. The van der Waals surface area contributed by atoms with Crippen LogP contribution >= 0.6 is 0 Å². The molecule has 0 atom stereocenters. The van der Waals surface area contributed by atoms with Gasteiger partial charge in [0.2, 0.25) is 0 Å². The first-order chi connectivity index (χ1) is 9.90. The van der Waals surface area contributed by atoms with Gasteiger partial charge in [-0.1, -0.05) is 24.6 Å². The Morgan fingerprint density at radius 1 is 0.700 bits per heavy atom. The molecule has 0 spiro atoms. The Kier molecular flexibility index (Phi) is 4.12. The van der Waals surface area contributed by atoms with Gasteiger partial charge in [-0.05, 0) is 62.1 Å². The molecule has 1 N–H and O–H groups in total. The van der Waals surface area contributed by atoms with Gasteiger partial charge in [-0.2, -0.15) is 0 Å². The molecule has 0 unspecified atom stereocenters. The second-order valence-corrected chi connectivity index (χ2v) is 5.28. The summed E-state index contributed by atoms with van der Waals surface area (Å²) in [7, 11) is 0. The van der Waals surface area contributed by atoms with Crippen LogP contribution in [-0.4, -0.2) is 5.71 Å². The predicted octanol–water partition coefficient (Wildman–Crippen LogP) is 5.47. The largest absolute Gasteiger partial charge is 0.356 e. The number of hydrogen-bond acceptors (Lipinski definition) is 2. The van der Waals surface area contributed by atoms with Gasteiger partial charge in [-0.15, -0.1) is 0 Å². The van der Waals surface area contributed by atoms with Crippen LogP contribution < -0.4 is 5.32 Å². The minimum atomic E-state index is 1.07. The van der Waals surface area contributed by atoms with Gasteiger partial charge in [0.25, 0.3) is 0 Å². The maximum atomic E-state index is 4.76. The molecular weight excluding hydrogens is 244 g/mol. The molecule has 1 aliphatic rings. The smallest absolute Gasteiger partial charge is 0.0630 e. The summed E-state index contributed by atoms with van der Waals surface area (Å²) in [6, 6.07) is 18.6. The topological polar surface area (TPSA) is 24.4 Å². The number of nitrogens with zero attached hydrogens (tertiary/aromatic N) is 1. The van der Waals surface area contributed by atoms with Crippen LogP contribution in [0.4, 0.5) is 17.1 Å². The number of nitrogens with one attached hydrogen (secondary N) is 1. The molecule has 102 valence electrons. The number of aliphatic imine (C=N–C) groups is 1. The van der Waals surface area contributed by atoms with Crippen molar-refractivity contribution in [1.82, 2.24) is 0 Å². The predicted molar refractivity (Wildman–Crippen MR) is 86.3 cm³/mol. The average Bonchev–Trinajstić information content (AvgIpc) is 2.51. The van der Waals surface area contributed by atoms with Crippen LogP contribution in [-0.2, 0) is 0 Å². The van der Waals surface area contributed by atoms with Crippen molar-refractivity contribution in [1.29, 1.82) is 0 Å². The van der Waals surface area contributed by atoms with Gasteiger partial charge in [0.05, 0.1) is 5.69 Å². The fourth-order valence-electron chi connectivity index (χ4n) is 2.56. The lowest BCUT2D eigenvalue weighted by atomic mass is 9.98. The molecule has 0 aromatic heterocycles. The molecule has 0 saturated heterocycles. The third kappa shape index (κ3) is 3.47. The Morgan fingerprint density at radius 3 is 2.05 bits per heavy atom. The summed E-state index contributed by atoms with van der Waals surface area (Å²) in [6.07, 6.45) is 6.30. The third-order valence-corrected chi connectivity index (χ3v) is 3.65. The van der Waals surface area contributed by atoms with Crippen molar-refractivity contribution in [3.8, 4) is 0 Å². The van der Waals surface area contributed by atoms with Crippen molar-refractivity contribution < 1.29 is 0 Å². The van der Waals surface area contributed by atoms with E-state index in [1.807, 2.05) is 18.2 Å². The van der Waals surface area contributed by atoms with Crippen LogP contribution in [0.15, 0.2) is 59.6 Å². The SMILES string of the molecule is c1ccc(Nc2ccc(N=C3CCCCC3)cc2)cc1. The highest BCUT2D eigenvalue weighted by atomic mass is 14.9. The van der Waals surface area contributed by atoms with Crippen molar-refractivity contribution in [2.24, 2.45) is 4.99 Å². The Hall–Kier alpha value is -2.09. The molecule has 2 nitrogen and oxygen atoms in total. The minimum Gasteiger partial charge on any atom is -0.356 e. The molecule has 0 bridgehead atoms. The van der Waals surface area contributed by atoms with Crippen molar-refractivity contribution in [3.05, 3.63) is 54.6 Å². The van der Waals surface area contributed by atoms with Crippen LogP contribution in [0.25, 0.3) is 0 Å². The van der Waals surface area contributed by atoms with E-state index in [-0.39, 0.29) is 0 Å². The van der Waals surface area contributed by atoms with E-state index in [2.05, 4.69) is 41.7 Å². The number of benzene rings is 2. The molecule has 0 heterocycles. The van der Waals surface area contributed by atoms with Crippen LogP contribution in [0.2, 0.25) is 0 Å². The molecule has 1 saturated carbocycles. The summed E-state index contributed by atoms with van der Waals surface area (Å²) in [6.45, 7) is 0. The van der Waals surface area contributed by atoms with Crippen LogP contribution in [0.1, 0.15) is 32.1 Å². The van der Waals surface area contributed by atoms with Crippen molar-refractivity contribution in [3.63, 3.8) is 0 Å². The number of rotatable bonds is 3. The summed E-state index contributed by atoms with van der Waals surface area (Å²) in [4.78, 5) is 4.76. The number of para-hydroxylation sites is 1. The van der Waals surface area contributed by atoms with E-state index >= 15 is 0 Å². The zero-order valence-electron chi connectivity index (χ0n) is 11.7.